The number of halogens is 1. The number of carbonyl (C=O) groups excluding carboxylic acids is 1. The molecular formula is C16H17FN2O2. The average molecular weight is 288 g/mol. The highest BCUT2D eigenvalue weighted by Gasteiger charge is 2.12. The van der Waals surface area contributed by atoms with Crippen molar-refractivity contribution in [3.8, 4) is 5.75 Å². The Morgan fingerprint density at radius 2 is 1.90 bits per heavy atom. The molecule has 21 heavy (non-hydrogen) atoms. The molecule has 0 atom stereocenters. The summed E-state index contributed by atoms with van der Waals surface area (Å²) < 4.78 is 18.4. The second-order valence-corrected chi connectivity index (χ2v) is 4.74. The Morgan fingerprint density at radius 1 is 1.24 bits per heavy atom. The molecule has 0 unspecified atom stereocenters. The summed E-state index contributed by atoms with van der Waals surface area (Å²) in [4.78, 5) is 13.6. The van der Waals surface area contributed by atoms with Crippen molar-refractivity contribution in [2.24, 2.45) is 0 Å². The van der Waals surface area contributed by atoms with Gasteiger partial charge >= 0.3 is 0 Å². The van der Waals surface area contributed by atoms with Crippen LogP contribution in [0, 0.1) is 12.7 Å². The fourth-order valence-corrected chi connectivity index (χ4v) is 1.85. The monoisotopic (exact) mass is 288 g/mol. The molecule has 0 aliphatic heterocycles. The molecular weight excluding hydrogens is 271 g/mol. The van der Waals surface area contributed by atoms with Gasteiger partial charge in [-0.1, -0.05) is 0 Å². The van der Waals surface area contributed by atoms with Crippen molar-refractivity contribution in [3.05, 3.63) is 53.8 Å². The van der Waals surface area contributed by atoms with E-state index in [9.17, 15) is 9.18 Å². The predicted octanol–water partition coefficient (Wildman–Crippen LogP) is 2.76. The summed E-state index contributed by atoms with van der Waals surface area (Å²) >= 11 is 0. The van der Waals surface area contributed by atoms with E-state index in [1.165, 1.54) is 23.1 Å². The number of rotatable bonds is 4. The van der Waals surface area contributed by atoms with Gasteiger partial charge in [-0.2, -0.15) is 0 Å². The van der Waals surface area contributed by atoms with E-state index in [0.29, 0.717) is 17.0 Å². The lowest BCUT2D eigenvalue weighted by atomic mass is 10.2. The minimum Gasteiger partial charge on any atom is -0.483 e. The summed E-state index contributed by atoms with van der Waals surface area (Å²) in [6, 6.07) is 11.2. The fraction of sp³-hybridized carbons (Fsp3) is 0.188. The number of hydrogen-bond acceptors (Lipinski definition) is 3. The first-order chi connectivity index (χ1) is 9.97. The van der Waals surface area contributed by atoms with Crippen LogP contribution in [0.1, 0.15) is 5.56 Å². The van der Waals surface area contributed by atoms with Crippen LogP contribution in [-0.4, -0.2) is 19.6 Å². The molecule has 110 valence electrons. The third-order valence-electron chi connectivity index (χ3n) is 3.14. The number of nitrogens with zero attached hydrogens (tertiary/aromatic N) is 1. The Bertz CT molecular complexity index is 641. The van der Waals surface area contributed by atoms with Crippen molar-refractivity contribution in [2.45, 2.75) is 6.92 Å². The summed E-state index contributed by atoms with van der Waals surface area (Å²) in [5.74, 6) is -0.0379. The van der Waals surface area contributed by atoms with Gasteiger partial charge in [0.2, 0.25) is 0 Å². The molecule has 1 amide bonds. The van der Waals surface area contributed by atoms with E-state index >= 15 is 0 Å². The first-order valence-corrected chi connectivity index (χ1v) is 6.48. The zero-order valence-corrected chi connectivity index (χ0v) is 12.0. The van der Waals surface area contributed by atoms with Crippen molar-refractivity contribution in [2.75, 3.05) is 24.3 Å². The first-order valence-electron chi connectivity index (χ1n) is 6.48. The van der Waals surface area contributed by atoms with Gasteiger partial charge < -0.3 is 15.4 Å². The van der Waals surface area contributed by atoms with E-state index < -0.39 is 0 Å². The molecule has 0 aromatic heterocycles. The lowest BCUT2D eigenvalue weighted by Crippen LogP contribution is -2.31. The van der Waals surface area contributed by atoms with Gasteiger partial charge in [-0.15, -0.1) is 0 Å². The van der Waals surface area contributed by atoms with Crippen LogP contribution in [0.2, 0.25) is 0 Å². The molecule has 0 aliphatic carbocycles. The lowest BCUT2D eigenvalue weighted by Gasteiger charge is -2.18. The molecule has 0 bridgehead atoms. The number of ether oxygens (including phenoxy) is 1. The number of likely N-dealkylation sites (N-methyl/N-ethyl adjacent to an activating group) is 1. The number of carbonyl (C=O) groups is 1. The highest BCUT2D eigenvalue weighted by Crippen LogP contribution is 2.19. The van der Waals surface area contributed by atoms with Gasteiger partial charge in [-0.05, 0) is 55.0 Å². The van der Waals surface area contributed by atoms with E-state index in [2.05, 4.69) is 0 Å². The smallest absolute Gasteiger partial charge is 0.264 e. The second-order valence-electron chi connectivity index (χ2n) is 4.74. The second kappa shape index (κ2) is 6.26. The van der Waals surface area contributed by atoms with Gasteiger partial charge in [-0.25, -0.2) is 4.39 Å². The maximum atomic E-state index is 13.0. The van der Waals surface area contributed by atoms with Gasteiger partial charge in [0.05, 0.1) is 0 Å². The molecule has 0 saturated heterocycles. The lowest BCUT2D eigenvalue weighted by molar-refractivity contribution is -0.120. The summed E-state index contributed by atoms with van der Waals surface area (Å²) in [6.45, 7) is 1.61. The van der Waals surface area contributed by atoms with Crippen molar-refractivity contribution >= 4 is 17.3 Å². The third-order valence-corrected chi connectivity index (χ3v) is 3.14. The van der Waals surface area contributed by atoms with Crippen LogP contribution in [-0.2, 0) is 4.79 Å². The number of nitrogen functional groups attached to an aromatic ring is 1. The van der Waals surface area contributed by atoms with Gasteiger partial charge in [-0.3, -0.25) is 4.79 Å². The summed E-state index contributed by atoms with van der Waals surface area (Å²) in [7, 11) is 1.66. The number of amides is 1. The van der Waals surface area contributed by atoms with Crippen LogP contribution in [0.25, 0.3) is 0 Å². The predicted molar refractivity (Wildman–Crippen MR) is 80.9 cm³/mol. The van der Waals surface area contributed by atoms with Crippen LogP contribution in [0.3, 0.4) is 0 Å². The van der Waals surface area contributed by atoms with E-state index in [1.807, 2.05) is 0 Å². The van der Waals surface area contributed by atoms with Crippen molar-refractivity contribution in [3.63, 3.8) is 0 Å². The molecule has 0 heterocycles. The van der Waals surface area contributed by atoms with E-state index in [4.69, 9.17) is 10.5 Å². The zero-order valence-electron chi connectivity index (χ0n) is 12.0. The van der Waals surface area contributed by atoms with Crippen LogP contribution >= 0.6 is 0 Å². The van der Waals surface area contributed by atoms with Crippen LogP contribution in [0.15, 0.2) is 42.5 Å². The third kappa shape index (κ3) is 3.72. The molecule has 2 rings (SSSR count). The Morgan fingerprint density at radius 3 is 2.52 bits per heavy atom. The largest absolute Gasteiger partial charge is 0.483 e. The standard InChI is InChI=1S/C16H17FN2O2/c1-11-9-12(17)3-8-15(11)21-10-16(20)19(2)14-6-4-13(18)5-7-14/h3-9H,10,18H2,1-2H3. The van der Waals surface area contributed by atoms with Gasteiger partial charge in [0.15, 0.2) is 6.61 Å². The quantitative estimate of drug-likeness (QED) is 0.880. The Hall–Kier alpha value is -2.56. The van der Waals surface area contributed by atoms with E-state index in [0.717, 1.165) is 5.69 Å². The van der Waals surface area contributed by atoms with E-state index in [-0.39, 0.29) is 18.3 Å². The zero-order chi connectivity index (χ0) is 15.4. The molecule has 0 saturated carbocycles. The number of hydrogen-bond donors (Lipinski definition) is 1. The van der Waals surface area contributed by atoms with E-state index in [1.54, 1.807) is 38.2 Å². The van der Waals surface area contributed by atoms with Gasteiger partial charge in [0.25, 0.3) is 5.91 Å². The minimum absolute atomic E-state index is 0.118. The molecule has 0 spiro atoms. The number of aryl methyl sites for hydroxylation is 1. The van der Waals surface area contributed by atoms with Crippen molar-refractivity contribution in [1.29, 1.82) is 0 Å². The molecule has 2 N–H and O–H groups in total. The highest BCUT2D eigenvalue weighted by molar-refractivity contribution is 5.94. The van der Waals surface area contributed by atoms with Gasteiger partial charge in [0, 0.05) is 18.4 Å². The van der Waals surface area contributed by atoms with Crippen molar-refractivity contribution < 1.29 is 13.9 Å². The van der Waals surface area contributed by atoms with Crippen molar-refractivity contribution in [1.82, 2.24) is 0 Å². The van der Waals surface area contributed by atoms with Crippen LogP contribution in [0.4, 0.5) is 15.8 Å². The maximum Gasteiger partial charge on any atom is 0.264 e. The number of benzene rings is 2. The summed E-state index contributed by atoms with van der Waals surface area (Å²) in [5, 5.41) is 0. The average Bonchev–Trinajstić information content (AvgIpc) is 2.46. The Kier molecular flexibility index (Phi) is 4.42. The first kappa shape index (κ1) is 14.8. The highest BCUT2D eigenvalue weighted by atomic mass is 19.1. The number of anilines is 2. The molecule has 2 aromatic rings. The summed E-state index contributed by atoms with van der Waals surface area (Å²) in [6.07, 6.45) is 0. The number of nitrogens with two attached hydrogens (primary N) is 1. The molecule has 5 heteroatoms. The topological polar surface area (TPSA) is 55.6 Å². The van der Waals surface area contributed by atoms with Crippen LogP contribution in [0.5, 0.6) is 5.75 Å². The Balaban J connectivity index is 1.99. The normalized spacial score (nSPS) is 10.2. The molecule has 2 aromatic carbocycles. The molecule has 0 fully saturated rings. The van der Waals surface area contributed by atoms with Crippen LogP contribution < -0.4 is 15.4 Å². The Labute approximate surface area is 122 Å². The maximum absolute atomic E-state index is 13.0. The minimum atomic E-state index is -0.329. The van der Waals surface area contributed by atoms with Gasteiger partial charge in [0.1, 0.15) is 11.6 Å². The SMILES string of the molecule is Cc1cc(F)ccc1OCC(=O)N(C)c1ccc(N)cc1. The fourth-order valence-electron chi connectivity index (χ4n) is 1.85. The molecule has 0 aliphatic rings. The molecule has 4 nitrogen and oxygen atoms in total. The summed E-state index contributed by atoms with van der Waals surface area (Å²) in [5.41, 5.74) is 7.63. The molecule has 0 radical (unpaired) electrons.